The second-order valence-corrected chi connectivity index (χ2v) is 7.52. The number of hydrogen-bond donors (Lipinski definition) is 0. The molecule has 0 fully saturated rings. The van der Waals surface area contributed by atoms with E-state index >= 15 is 0 Å². The SMILES string of the molecule is CCc1sc(=NC(=O)c2ccccc2)n(CC)c1-c1ccc(Br)cc1. The quantitative estimate of drug-likeness (QED) is 0.569. The molecule has 0 aliphatic rings. The van der Waals surface area contributed by atoms with Crippen molar-refractivity contribution in [2.45, 2.75) is 26.8 Å². The highest BCUT2D eigenvalue weighted by atomic mass is 79.9. The predicted molar refractivity (Wildman–Crippen MR) is 107 cm³/mol. The topological polar surface area (TPSA) is 34.4 Å². The third-order valence-electron chi connectivity index (χ3n) is 3.95. The van der Waals surface area contributed by atoms with Crippen molar-refractivity contribution in [1.82, 2.24) is 4.57 Å². The summed E-state index contributed by atoms with van der Waals surface area (Å²) in [6, 6.07) is 17.5. The van der Waals surface area contributed by atoms with E-state index in [0.29, 0.717) is 5.56 Å². The molecule has 5 heteroatoms. The van der Waals surface area contributed by atoms with Crippen LogP contribution in [0.25, 0.3) is 11.3 Å². The third-order valence-corrected chi connectivity index (χ3v) is 5.70. The number of benzene rings is 2. The first-order chi connectivity index (χ1) is 12.1. The average molecular weight is 415 g/mol. The smallest absolute Gasteiger partial charge is 0.279 e. The number of aryl methyl sites for hydroxylation is 1. The zero-order chi connectivity index (χ0) is 17.8. The Bertz CT molecular complexity index is 940. The largest absolute Gasteiger partial charge is 0.316 e. The van der Waals surface area contributed by atoms with Gasteiger partial charge in [-0.3, -0.25) is 4.79 Å². The summed E-state index contributed by atoms with van der Waals surface area (Å²) in [6.07, 6.45) is 0.908. The van der Waals surface area contributed by atoms with E-state index in [0.717, 1.165) is 33.5 Å². The zero-order valence-corrected chi connectivity index (χ0v) is 16.6. The molecule has 1 aromatic heterocycles. The molecule has 0 radical (unpaired) electrons. The van der Waals surface area contributed by atoms with Gasteiger partial charge in [0.05, 0.1) is 5.69 Å². The van der Waals surface area contributed by atoms with Gasteiger partial charge in [0, 0.05) is 21.5 Å². The number of hydrogen-bond acceptors (Lipinski definition) is 2. The lowest BCUT2D eigenvalue weighted by molar-refractivity contribution is 0.0998. The fourth-order valence-electron chi connectivity index (χ4n) is 2.73. The first-order valence-electron chi connectivity index (χ1n) is 8.26. The molecule has 0 saturated carbocycles. The highest BCUT2D eigenvalue weighted by molar-refractivity contribution is 9.10. The zero-order valence-electron chi connectivity index (χ0n) is 14.2. The van der Waals surface area contributed by atoms with E-state index in [2.05, 4.69) is 51.5 Å². The van der Waals surface area contributed by atoms with E-state index < -0.39 is 0 Å². The maximum absolute atomic E-state index is 12.5. The van der Waals surface area contributed by atoms with Crippen molar-refractivity contribution < 1.29 is 4.79 Å². The average Bonchev–Trinajstić information content (AvgIpc) is 3.00. The van der Waals surface area contributed by atoms with Gasteiger partial charge in [0.15, 0.2) is 4.80 Å². The Kier molecular flexibility index (Phi) is 5.66. The number of thiazole rings is 1. The molecule has 0 saturated heterocycles. The molecule has 128 valence electrons. The second kappa shape index (κ2) is 7.93. The maximum Gasteiger partial charge on any atom is 0.279 e. The maximum atomic E-state index is 12.5. The predicted octanol–water partition coefficient (Wildman–Crippen LogP) is 5.30. The summed E-state index contributed by atoms with van der Waals surface area (Å²) in [4.78, 5) is 18.9. The fraction of sp³-hybridized carbons (Fsp3) is 0.200. The van der Waals surface area contributed by atoms with Gasteiger partial charge in [-0.25, -0.2) is 0 Å². The monoisotopic (exact) mass is 414 g/mol. The fourth-order valence-corrected chi connectivity index (χ4v) is 4.15. The van der Waals surface area contributed by atoms with Crippen LogP contribution in [0.2, 0.25) is 0 Å². The number of carbonyl (C=O) groups is 1. The standard InChI is InChI=1S/C20H19BrN2OS/c1-3-17-18(14-10-12-16(21)13-11-14)23(4-2)20(25-17)22-19(24)15-8-6-5-7-9-15/h5-13H,3-4H2,1-2H3. The molecule has 0 aliphatic carbocycles. The first kappa shape index (κ1) is 17.8. The van der Waals surface area contributed by atoms with Crippen molar-refractivity contribution in [2.24, 2.45) is 4.99 Å². The Labute approximate surface area is 159 Å². The Hall–Kier alpha value is -1.98. The molecule has 3 rings (SSSR count). The first-order valence-corrected chi connectivity index (χ1v) is 9.87. The summed E-state index contributed by atoms with van der Waals surface area (Å²) >= 11 is 5.08. The number of nitrogens with zero attached hydrogens (tertiary/aromatic N) is 2. The molecule has 25 heavy (non-hydrogen) atoms. The summed E-state index contributed by atoms with van der Waals surface area (Å²) in [5, 5.41) is 0. The lowest BCUT2D eigenvalue weighted by atomic mass is 10.1. The minimum Gasteiger partial charge on any atom is -0.316 e. The Morgan fingerprint density at radius 3 is 2.36 bits per heavy atom. The van der Waals surface area contributed by atoms with Gasteiger partial charge < -0.3 is 4.57 Å². The van der Waals surface area contributed by atoms with Crippen LogP contribution >= 0.6 is 27.3 Å². The highest BCUT2D eigenvalue weighted by Crippen LogP contribution is 2.27. The van der Waals surface area contributed by atoms with Gasteiger partial charge in [-0.1, -0.05) is 53.2 Å². The molecule has 3 nitrogen and oxygen atoms in total. The van der Waals surface area contributed by atoms with Crippen molar-refractivity contribution in [3.63, 3.8) is 0 Å². The van der Waals surface area contributed by atoms with E-state index in [4.69, 9.17) is 0 Å². The Morgan fingerprint density at radius 2 is 1.76 bits per heavy atom. The summed E-state index contributed by atoms with van der Waals surface area (Å²) in [5.41, 5.74) is 2.91. The van der Waals surface area contributed by atoms with Crippen LogP contribution in [-0.2, 0) is 13.0 Å². The third kappa shape index (κ3) is 3.83. The summed E-state index contributed by atoms with van der Waals surface area (Å²) in [7, 11) is 0. The molecular formula is C20H19BrN2OS. The lowest BCUT2D eigenvalue weighted by Crippen LogP contribution is -2.17. The van der Waals surface area contributed by atoms with E-state index in [1.165, 1.54) is 4.88 Å². The van der Waals surface area contributed by atoms with Crippen LogP contribution in [0.4, 0.5) is 0 Å². The molecule has 0 aliphatic heterocycles. The minimum absolute atomic E-state index is 0.200. The van der Waals surface area contributed by atoms with Gasteiger partial charge >= 0.3 is 0 Å². The number of amides is 1. The van der Waals surface area contributed by atoms with Crippen molar-refractivity contribution in [2.75, 3.05) is 0 Å². The summed E-state index contributed by atoms with van der Waals surface area (Å²) in [6.45, 7) is 4.99. The van der Waals surface area contributed by atoms with Crippen LogP contribution in [0.1, 0.15) is 29.1 Å². The van der Waals surface area contributed by atoms with E-state index in [1.807, 2.05) is 30.3 Å². The highest BCUT2D eigenvalue weighted by Gasteiger charge is 2.14. The summed E-state index contributed by atoms with van der Waals surface area (Å²) in [5.74, 6) is -0.200. The van der Waals surface area contributed by atoms with E-state index in [1.54, 1.807) is 23.5 Å². The van der Waals surface area contributed by atoms with Crippen molar-refractivity contribution >= 4 is 33.2 Å². The molecule has 0 spiro atoms. The second-order valence-electron chi connectivity index (χ2n) is 5.54. The molecule has 0 unspecified atom stereocenters. The molecule has 3 aromatic rings. The van der Waals surface area contributed by atoms with Crippen LogP contribution in [-0.4, -0.2) is 10.5 Å². The molecule has 0 N–H and O–H groups in total. The van der Waals surface area contributed by atoms with Gasteiger partial charge in [-0.15, -0.1) is 11.3 Å². The number of aromatic nitrogens is 1. The molecule has 2 aromatic carbocycles. The van der Waals surface area contributed by atoms with Crippen LogP contribution in [0.5, 0.6) is 0 Å². The van der Waals surface area contributed by atoms with Crippen molar-refractivity contribution in [1.29, 1.82) is 0 Å². The lowest BCUT2D eigenvalue weighted by Gasteiger charge is -2.08. The molecule has 1 amide bonds. The van der Waals surface area contributed by atoms with E-state index in [9.17, 15) is 4.79 Å². The number of carbonyl (C=O) groups excluding carboxylic acids is 1. The van der Waals surface area contributed by atoms with Gasteiger partial charge in [-0.2, -0.15) is 4.99 Å². The van der Waals surface area contributed by atoms with Gasteiger partial charge in [0.2, 0.25) is 0 Å². The number of halogens is 1. The molecule has 1 heterocycles. The van der Waals surface area contributed by atoms with Crippen LogP contribution in [0, 0.1) is 0 Å². The van der Waals surface area contributed by atoms with Crippen LogP contribution in [0.15, 0.2) is 64.1 Å². The van der Waals surface area contributed by atoms with Gasteiger partial charge in [0.1, 0.15) is 0 Å². The molecular weight excluding hydrogens is 396 g/mol. The van der Waals surface area contributed by atoms with Crippen LogP contribution in [0.3, 0.4) is 0 Å². The summed E-state index contributed by atoms with van der Waals surface area (Å²) < 4.78 is 3.19. The van der Waals surface area contributed by atoms with Crippen molar-refractivity contribution in [3.8, 4) is 11.3 Å². The molecule has 0 atom stereocenters. The van der Waals surface area contributed by atoms with Gasteiger partial charge in [0.25, 0.3) is 5.91 Å². The number of rotatable bonds is 4. The van der Waals surface area contributed by atoms with Crippen molar-refractivity contribution in [3.05, 3.63) is 74.3 Å². The van der Waals surface area contributed by atoms with Gasteiger partial charge in [-0.05, 0) is 43.2 Å². The Morgan fingerprint density at radius 1 is 1.08 bits per heavy atom. The molecule has 0 bridgehead atoms. The van der Waals surface area contributed by atoms with Crippen LogP contribution < -0.4 is 4.80 Å². The minimum atomic E-state index is -0.200. The Balaban J connectivity index is 2.14. The normalized spacial score (nSPS) is 11.7. The van der Waals surface area contributed by atoms with E-state index in [-0.39, 0.29) is 5.91 Å².